The largest absolute Gasteiger partial charge is 0.461 e. The van der Waals surface area contributed by atoms with Gasteiger partial charge in [0.25, 0.3) is 0 Å². The van der Waals surface area contributed by atoms with Gasteiger partial charge in [-0.05, 0) is 26.1 Å². The summed E-state index contributed by atoms with van der Waals surface area (Å²) in [5, 5.41) is 0. The minimum Gasteiger partial charge on any atom is -0.461 e. The molecule has 0 aliphatic carbocycles. The lowest BCUT2D eigenvalue weighted by Crippen LogP contribution is -2.19. The maximum atomic E-state index is 11.3. The SMILES string of the molecule is CN(C)CCOC(=O)C=CCc1ccccc1. The molecule has 3 heteroatoms. The van der Waals surface area contributed by atoms with Gasteiger partial charge in [0.1, 0.15) is 6.61 Å². The zero-order chi connectivity index (χ0) is 12.5. The fraction of sp³-hybridized carbons (Fsp3) is 0.357. The first-order chi connectivity index (χ1) is 8.18. The van der Waals surface area contributed by atoms with Crippen LogP contribution in [0.4, 0.5) is 0 Å². The summed E-state index contributed by atoms with van der Waals surface area (Å²) in [7, 11) is 3.89. The maximum absolute atomic E-state index is 11.3. The summed E-state index contributed by atoms with van der Waals surface area (Å²) in [6.07, 6.45) is 4.07. The molecule has 92 valence electrons. The summed E-state index contributed by atoms with van der Waals surface area (Å²) < 4.78 is 5.02. The first-order valence-corrected chi connectivity index (χ1v) is 5.70. The third kappa shape index (κ3) is 6.53. The van der Waals surface area contributed by atoms with Crippen LogP contribution in [0.25, 0.3) is 0 Å². The van der Waals surface area contributed by atoms with Gasteiger partial charge in [0.2, 0.25) is 0 Å². The molecule has 0 aliphatic rings. The molecule has 0 fully saturated rings. The molecule has 0 saturated carbocycles. The van der Waals surface area contributed by atoms with Gasteiger partial charge in [-0.1, -0.05) is 36.4 Å². The molecule has 1 rings (SSSR count). The van der Waals surface area contributed by atoms with Crippen molar-refractivity contribution in [3.63, 3.8) is 0 Å². The number of likely N-dealkylation sites (N-methyl/N-ethyl adjacent to an activating group) is 1. The Hall–Kier alpha value is -1.61. The Kier molecular flexibility index (Phi) is 6.04. The van der Waals surface area contributed by atoms with E-state index < -0.39 is 0 Å². The summed E-state index contributed by atoms with van der Waals surface area (Å²) in [5.41, 5.74) is 1.19. The van der Waals surface area contributed by atoms with E-state index in [9.17, 15) is 4.79 Å². The van der Waals surface area contributed by atoms with Crippen LogP contribution in [-0.4, -0.2) is 38.1 Å². The van der Waals surface area contributed by atoms with Crippen molar-refractivity contribution in [2.45, 2.75) is 6.42 Å². The van der Waals surface area contributed by atoms with E-state index in [1.165, 1.54) is 11.6 Å². The molecule has 0 radical (unpaired) electrons. The van der Waals surface area contributed by atoms with Gasteiger partial charge >= 0.3 is 5.97 Å². The van der Waals surface area contributed by atoms with E-state index in [2.05, 4.69) is 0 Å². The van der Waals surface area contributed by atoms with E-state index in [0.717, 1.165) is 13.0 Å². The number of hydrogen-bond donors (Lipinski definition) is 0. The van der Waals surface area contributed by atoms with Crippen LogP contribution < -0.4 is 0 Å². The highest BCUT2D eigenvalue weighted by Crippen LogP contribution is 2.00. The smallest absolute Gasteiger partial charge is 0.330 e. The quantitative estimate of drug-likeness (QED) is 0.555. The fourth-order valence-electron chi connectivity index (χ4n) is 1.28. The number of benzene rings is 1. The third-order valence-electron chi connectivity index (χ3n) is 2.23. The molecule has 0 saturated heterocycles. The molecular weight excluding hydrogens is 214 g/mol. The molecule has 0 amide bonds. The van der Waals surface area contributed by atoms with Crippen LogP contribution in [0.1, 0.15) is 5.56 Å². The van der Waals surface area contributed by atoms with Crippen LogP contribution >= 0.6 is 0 Å². The second-order valence-electron chi connectivity index (χ2n) is 4.06. The van der Waals surface area contributed by atoms with Gasteiger partial charge in [0, 0.05) is 12.6 Å². The van der Waals surface area contributed by atoms with Crippen LogP contribution in [0.5, 0.6) is 0 Å². The van der Waals surface area contributed by atoms with Crippen molar-refractivity contribution in [2.24, 2.45) is 0 Å². The second kappa shape index (κ2) is 7.63. The molecule has 0 bridgehead atoms. The molecule has 0 heterocycles. The predicted molar refractivity (Wildman–Crippen MR) is 68.8 cm³/mol. The first-order valence-electron chi connectivity index (χ1n) is 5.70. The molecule has 0 aliphatic heterocycles. The summed E-state index contributed by atoms with van der Waals surface area (Å²) in [6.45, 7) is 1.18. The van der Waals surface area contributed by atoms with Crippen LogP contribution in [-0.2, 0) is 16.0 Å². The van der Waals surface area contributed by atoms with Crippen molar-refractivity contribution in [1.82, 2.24) is 4.90 Å². The summed E-state index contributed by atoms with van der Waals surface area (Å²) in [6, 6.07) is 10.0. The third-order valence-corrected chi connectivity index (χ3v) is 2.23. The van der Waals surface area contributed by atoms with Gasteiger partial charge in [0.15, 0.2) is 0 Å². The van der Waals surface area contributed by atoms with Gasteiger partial charge in [-0.2, -0.15) is 0 Å². The van der Waals surface area contributed by atoms with Crippen molar-refractivity contribution in [1.29, 1.82) is 0 Å². The van der Waals surface area contributed by atoms with Crippen molar-refractivity contribution in [2.75, 3.05) is 27.2 Å². The predicted octanol–water partition coefficient (Wildman–Crippen LogP) is 1.89. The van der Waals surface area contributed by atoms with Crippen molar-refractivity contribution < 1.29 is 9.53 Å². The number of rotatable bonds is 6. The van der Waals surface area contributed by atoms with E-state index in [4.69, 9.17) is 4.74 Å². The first kappa shape index (κ1) is 13.5. The number of carbonyl (C=O) groups excluding carboxylic acids is 1. The Labute approximate surface area is 103 Å². The second-order valence-corrected chi connectivity index (χ2v) is 4.06. The number of hydrogen-bond acceptors (Lipinski definition) is 3. The molecule has 0 aromatic heterocycles. The van der Waals surface area contributed by atoms with E-state index in [1.54, 1.807) is 0 Å². The molecular formula is C14H19NO2. The molecule has 0 spiro atoms. The highest BCUT2D eigenvalue weighted by atomic mass is 16.5. The van der Waals surface area contributed by atoms with E-state index >= 15 is 0 Å². The average molecular weight is 233 g/mol. The molecule has 0 atom stereocenters. The van der Waals surface area contributed by atoms with E-state index in [0.29, 0.717) is 6.61 Å². The Morgan fingerprint density at radius 3 is 2.65 bits per heavy atom. The van der Waals surface area contributed by atoms with E-state index in [1.807, 2.05) is 55.4 Å². The lowest BCUT2D eigenvalue weighted by Gasteiger charge is -2.08. The Morgan fingerprint density at radius 1 is 1.29 bits per heavy atom. The van der Waals surface area contributed by atoms with Crippen LogP contribution in [0, 0.1) is 0 Å². The average Bonchev–Trinajstić information content (AvgIpc) is 2.30. The summed E-state index contributed by atoms with van der Waals surface area (Å²) in [5.74, 6) is -0.275. The van der Waals surface area contributed by atoms with Gasteiger partial charge in [-0.3, -0.25) is 0 Å². The Bertz CT molecular complexity index is 358. The van der Waals surface area contributed by atoms with Gasteiger partial charge in [-0.25, -0.2) is 4.79 Å². The number of nitrogens with zero attached hydrogens (tertiary/aromatic N) is 1. The topological polar surface area (TPSA) is 29.5 Å². The highest BCUT2D eigenvalue weighted by molar-refractivity contribution is 5.81. The summed E-state index contributed by atoms with van der Waals surface area (Å²) in [4.78, 5) is 13.3. The van der Waals surface area contributed by atoms with Gasteiger partial charge in [0.05, 0.1) is 0 Å². The highest BCUT2D eigenvalue weighted by Gasteiger charge is 1.97. The molecule has 1 aromatic rings. The molecule has 17 heavy (non-hydrogen) atoms. The van der Waals surface area contributed by atoms with Crippen LogP contribution in [0.15, 0.2) is 42.5 Å². The number of esters is 1. The molecule has 3 nitrogen and oxygen atoms in total. The standard InChI is InChI=1S/C14H19NO2/c1-15(2)11-12-17-14(16)10-6-9-13-7-4-3-5-8-13/h3-8,10H,9,11-12H2,1-2H3. The molecule has 0 N–H and O–H groups in total. The fourth-order valence-corrected chi connectivity index (χ4v) is 1.28. The van der Waals surface area contributed by atoms with Crippen LogP contribution in [0.2, 0.25) is 0 Å². The number of carbonyl (C=O) groups is 1. The van der Waals surface area contributed by atoms with Crippen molar-refractivity contribution in [3.8, 4) is 0 Å². The van der Waals surface area contributed by atoms with Crippen molar-refractivity contribution in [3.05, 3.63) is 48.0 Å². The van der Waals surface area contributed by atoms with Gasteiger partial charge < -0.3 is 9.64 Å². The van der Waals surface area contributed by atoms with Crippen LogP contribution in [0.3, 0.4) is 0 Å². The molecule has 0 unspecified atom stereocenters. The minimum absolute atomic E-state index is 0.275. The summed E-state index contributed by atoms with van der Waals surface area (Å²) >= 11 is 0. The number of ether oxygens (including phenoxy) is 1. The lowest BCUT2D eigenvalue weighted by atomic mass is 10.1. The lowest BCUT2D eigenvalue weighted by molar-refractivity contribution is -0.138. The maximum Gasteiger partial charge on any atom is 0.330 e. The number of allylic oxidation sites excluding steroid dienone is 1. The molecule has 1 aromatic carbocycles. The Morgan fingerprint density at radius 2 is 2.00 bits per heavy atom. The monoisotopic (exact) mass is 233 g/mol. The van der Waals surface area contributed by atoms with Gasteiger partial charge in [-0.15, -0.1) is 0 Å². The zero-order valence-corrected chi connectivity index (χ0v) is 10.4. The Balaban J connectivity index is 2.22. The minimum atomic E-state index is -0.275. The normalized spacial score (nSPS) is 11.0. The van der Waals surface area contributed by atoms with E-state index in [-0.39, 0.29) is 5.97 Å². The zero-order valence-electron chi connectivity index (χ0n) is 10.4. The van der Waals surface area contributed by atoms with Crippen molar-refractivity contribution >= 4 is 5.97 Å².